The fourth-order valence-corrected chi connectivity index (χ4v) is 4.35. The fraction of sp³-hybridized carbons (Fsp3) is 0.636. The number of carbonyl (C=O) groups excluding carboxylic acids is 2. The molecule has 1 atom stereocenters. The molecule has 1 aromatic rings. The number of rotatable bonds is 4. The zero-order valence-electron chi connectivity index (χ0n) is 18.2. The number of nitrogens with zero attached hydrogens (tertiary/aromatic N) is 1. The van der Waals surface area contributed by atoms with Gasteiger partial charge in [0.2, 0.25) is 11.8 Å². The molecule has 5 nitrogen and oxygen atoms in total. The van der Waals surface area contributed by atoms with Gasteiger partial charge < -0.3 is 15.5 Å². The first-order valence-electron chi connectivity index (χ1n) is 10.9. The van der Waals surface area contributed by atoms with Crippen molar-refractivity contribution in [1.82, 2.24) is 10.2 Å². The number of anilines is 1. The van der Waals surface area contributed by atoms with Crippen LogP contribution in [0.25, 0.3) is 0 Å². The SMILES string of the molecule is CC1(CC(=O)Nc2cc(C(F)(F)F)cc(C(F)(F)F)c2)CCN(C(=O)[C@H]2CCCCN2)CC1. The van der Waals surface area contributed by atoms with E-state index in [0.717, 1.165) is 25.8 Å². The van der Waals surface area contributed by atoms with Crippen molar-refractivity contribution in [1.29, 1.82) is 0 Å². The highest BCUT2D eigenvalue weighted by molar-refractivity contribution is 5.91. The Morgan fingerprint density at radius 2 is 1.61 bits per heavy atom. The Bertz CT molecular complexity index is 838. The van der Waals surface area contributed by atoms with E-state index in [2.05, 4.69) is 10.6 Å². The highest BCUT2D eigenvalue weighted by Gasteiger charge is 2.38. The van der Waals surface area contributed by atoms with E-state index in [-0.39, 0.29) is 24.4 Å². The van der Waals surface area contributed by atoms with E-state index in [4.69, 9.17) is 0 Å². The van der Waals surface area contributed by atoms with E-state index >= 15 is 0 Å². The van der Waals surface area contributed by atoms with Crippen LogP contribution in [0.1, 0.15) is 56.6 Å². The van der Waals surface area contributed by atoms with Crippen molar-refractivity contribution >= 4 is 17.5 Å². The molecule has 0 saturated carbocycles. The van der Waals surface area contributed by atoms with Crippen LogP contribution in [0.4, 0.5) is 32.0 Å². The van der Waals surface area contributed by atoms with Gasteiger partial charge in [0.05, 0.1) is 17.2 Å². The number of halogens is 6. The molecule has 2 amide bonds. The molecule has 184 valence electrons. The summed E-state index contributed by atoms with van der Waals surface area (Å²) in [7, 11) is 0. The first kappa shape index (κ1) is 25.3. The minimum absolute atomic E-state index is 0.0187. The molecule has 2 aliphatic heterocycles. The summed E-state index contributed by atoms with van der Waals surface area (Å²) in [6.45, 7) is 3.53. The van der Waals surface area contributed by atoms with Crippen molar-refractivity contribution in [2.45, 2.75) is 63.8 Å². The zero-order chi connectivity index (χ0) is 24.4. The summed E-state index contributed by atoms with van der Waals surface area (Å²) in [5.74, 6) is -0.636. The highest BCUT2D eigenvalue weighted by atomic mass is 19.4. The lowest BCUT2D eigenvalue weighted by Gasteiger charge is -2.40. The predicted molar refractivity (Wildman–Crippen MR) is 109 cm³/mol. The summed E-state index contributed by atoms with van der Waals surface area (Å²) < 4.78 is 78.2. The van der Waals surface area contributed by atoms with Gasteiger partial charge in [-0.3, -0.25) is 9.59 Å². The Morgan fingerprint density at radius 1 is 1.03 bits per heavy atom. The highest BCUT2D eigenvalue weighted by Crippen LogP contribution is 2.38. The molecule has 2 saturated heterocycles. The molecule has 2 fully saturated rings. The molecule has 33 heavy (non-hydrogen) atoms. The summed E-state index contributed by atoms with van der Waals surface area (Å²) >= 11 is 0. The maximum Gasteiger partial charge on any atom is 0.416 e. The van der Waals surface area contributed by atoms with Gasteiger partial charge in [-0.1, -0.05) is 13.3 Å². The smallest absolute Gasteiger partial charge is 0.341 e. The summed E-state index contributed by atoms with van der Waals surface area (Å²) in [6, 6.07) is 0.808. The number of hydrogen-bond donors (Lipinski definition) is 2. The lowest BCUT2D eigenvalue weighted by atomic mass is 9.77. The van der Waals surface area contributed by atoms with Gasteiger partial charge in [0.1, 0.15) is 0 Å². The number of benzene rings is 1. The summed E-state index contributed by atoms with van der Waals surface area (Å²) in [5.41, 5.74) is -4.04. The molecule has 3 rings (SSSR count). The molecular weight excluding hydrogens is 452 g/mol. The van der Waals surface area contributed by atoms with Gasteiger partial charge in [-0.25, -0.2) is 0 Å². The molecule has 11 heteroatoms. The largest absolute Gasteiger partial charge is 0.416 e. The number of hydrogen-bond acceptors (Lipinski definition) is 3. The molecule has 0 spiro atoms. The fourth-order valence-electron chi connectivity index (χ4n) is 4.35. The Kier molecular flexibility index (Phi) is 7.30. The Labute approximate surface area is 187 Å². The molecular formula is C22H27F6N3O2. The van der Waals surface area contributed by atoms with Crippen LogP contribution in [-0.4, -0.2) is 42.4 Å². The zero-order valence-corrected chi connectivity index (χ0v) is 18.2. The van der Waals surface area contributed by atoms with Gasteiger partial charge in [0.15, 0.2) is 0 Å². The third kappa shape index (κ3) is 6.61. The lowest BCUT2D eigenvalue weighted by Crippen LogP contribution is -2.52. The van der Waals surface area contributed by atoms with Crippen LogP contribution in [0.5, 0.6) is 0 Å². The van der Waals surface area contributed by atoms with Crippen molar-refractivity contribution in [3.8, 4) is 0 Å². The molecule has 2 heterocycles. The van der Waals surface area contributed by atoms with E-state index in [9.17, 15) is 35.9 Å². The predicted octanol–water partition coefficient (Wildman–Crippen LogP) is 4.82. The number of piperidine rings is 2. The third-order valence-corrected chi connectivity index (χ3v) is 6.35. The maximum atomic E-state index is 13.0. The minimum Gasteiger partial charge on any atom is -0.341 e. The van der Waals surface area contributed by atoms with E-state index in [1.54, 1.807) is 4.90 Å². The van der Waals surface area contributed by atoms with Crippen molar-refractivity contribution in [3.05, 3.63) is 29.3 Å². The average Bonchev–Trinajstić information content (AvgIpc) is 2.72. The van der Waals surface area contributed by atoms with Gasteiger partial charge in [-0.15, -0.1) is 0 Å². The van der Waals surface area contributed by atoms with Crippen LogP contribution < -0.4 is 10.6 Å². The van der Waals surface area contributed by atoms with Gasteiger partial charge in [-0.2, -0.15) is 26.3 Å². The van der Waals surface area contributed by atoms with Crippen molar-refractivity contribution < 1.29 is 35.9 Å². The summed E-state index contributed by atoms with van der Waals surface area (Å²) in [4.78, 5) is 26.9. The molecule has 0 radical (unpaired) electrons. The maximum absolute atomic E-state index is 13.0. The van der Waals surface area contributed by atoms with Crippen molar-refractivity contribution in [2.75, 3.05) is 25.0 Å². The summed E-state index contributed by atoms with van der Waals surface area (Å²) in [5, 5.41) is 5.41. The normalized spacial score (nSPS) is 21.5. The Morgan fingerprint density at radius 3 is 2.09 bits per heavy atom. The number of likely N-dealkylation sites (tertiary alicyclic amines) is 1. The Hall–Kier alpha value is -2.30. The standard InChI is InChI=1S/C22H27F6N3O2/c1-20(5-8-31(9-6-20)19(33)17-4-2-3-7-29-17)13-18(32)30-16-11-14(21(23,24)25)10-15(12-16)22(26,27)28/h10-12,17,29H,2-9,13H2,1H3,(H,30,32)/t17-/m1/s1. The minimum atomic E-state index is -4.99. The van der Waals surface area contributed by atoms with Gasteiger partial charge in [0.25, 0.3) is 0 Å². The molecule has 0 aromatic heterocycles. The number of alkyl halides is 6. The molecule has 1 aromatic carbocycles. The van der Waals surface area contributed by atoms with Crippen LogP contribution in [0.2, 0.25) is 0 Å². The number of nitrogens with one attached hydrogen (secondary N) is 2. The van der Waals surface area contributed by atoms with Crippen LogP contribution >= 0.6 is 0 Å². The van der Waals surface area contributed by atoms with Crippen LogP contribution in [-0.2, 0) is 21.9 Å². The average molecular weight is 479 g/mol. The Balaban J connectivity index is 1.62. The summed E-state index contributed by atoms with van der Waals surface area (Å²) in [6.07, 6.45) is -6.22. The third-order valence-electron chi connectivity index (χ3n) is 6.35. The van der Waals surface area contributed by atoms with Crippen molar-refractivity contribution in [3.63, 3.8) is 0 Å². The van der Waals surface area contributed by atoms with Gasteiger partial charge in [-0.05, 0) is 55.8 Å². The van der Waals surface area contributed by atoms with E-state index in [1.165, 1.54) is 0 Å². The van der Waals surface area contributed by atoms with Crippen LogP contribution in [0.15, 0.2) is 18.2 Å². The first-order chi connectivity index (χ1) is 15.3. The first-order valence-corrected chi connectivity index (χ1v) is 10.9. The monoisotopic (exact) mass is 479 g/mol. The molecule has 0 unspecified atom stereocenters. The van der Waals surface area contributed by atoms with Crippen LogP contribution in [0.3, 0.4) is 0 Å². The lowest BCUT2D eigenvalue weighted by molar-refractivity contribution is -0.143. The second-order valence-corrected chi connectivity index (χ2v) is 9.16. The number of carbonyl (C=O) groups is 2. The second-order valence-electron chi connectivity index (χ2n) is 9.16. The van der Waals surface area contributed by atoms with Crippen LogP contribution in [0, 0.1) is 5.41 Å². The quantitative estimate of drug-likeness (QED) is 0.609. The van der Waals surface area contributed by atoms with Gasteiger partial charge >= 0.3 is 12.4 Å². The molecule has 0 aliphatic carbocycles. The molecule has 2 aliphatic rings. The van der Waals surface area contributed by atoms with E-state index in [1.807, 2.05) is 6.92 Å². The second kappa shape index (κ2) is 9.52. The molecule has 0 bridgehead atoms. The molecule has 2 N–H and O–H groups in total. The van der Waals surface area contributed by atoms with E-state index in [0.29, 0.717) is 38.1 Å². The van der Waals surface area contributed by atoms with E-state index < -0.39 is 40.5 Å². The van der Waals surface area contributed by atoms with Crippen molar-refractivity contribution in [2.24, 2.45) is 5.41 Å². The van der Waals surface area contributed by atoms with Gasteiger partial charge in [0, 0.05) is 25.2 Å². The number of amides is 2. The topological polar surface area (TPSA) is 61.4 Å².